The number of carboxylic acid groups (broad SMARTS) is 1. The molecule has 8 heteroatoms. The summed E-state index contributed by atoms with van der Waals surface area (Å²) in [5.41, 5.74) is 3.15. The van der Waals surface area contributed by atoms with Gasteiger partial charge in [-0.25, -0.2) is 9.98 Å². The van der Waals surface area contributed by atoms with Crippen molar-refractivity contribution in [2.75, 3.05) is 7.11 Å². The Hall–Kier alpha value is -3.42. The molecule has 2 aromatic heterocycles. The molecule has 0 fully saturated rings. The molecule has 2 atom stereocenters. The molecule has 32 heavy (non-hydrogen) atoms. The van der Waals surface area contributed by atoms with Gasteiger partial charge in [-0.05, 0) is 67.9 Å². The lowest BCUT2D eigenvalue weighted by Crippen LogP contribution is -2.32. The average Bonchev–Trinajstić information content (AvgIpc) is 3.14. The Balaban J connectivity index is 1.35. The first-order valence-corrected chi connectivity index (χ1v) is 11.1. The molecule has 4 rings (SSSR count). The third-order valence-electron chi connectivity index (χ3n) is 5.95. The van der Waals surface area contributed by atoms with Gasteiger partial charge in [-0.3, -0.25) is 9.48 Å². The van der Waals surface area contributed by atoms with Crippen LogP contribution in [-0.4, -0.2) is 45.2 Å². The van der Waals surface area contributed by atoms with Crippen molar-refractivity contribution in [3.63, 3.8) is 0 Å². The molecule has 2 aliphatic heterocycles. The van der Waals surface area contributed by atoms with E-state index in [0.29, 0.717) is 11.9 Å². The van der Waals surface area contributed by atoms with E-state index in [4.69, 9.17) is 4.74 Å². The number of aliphatic imine (C=N–C) groups is 1. The largest absolute Gasteiger partial charge is 0.481 e. The third-order valence-corrected chi connectivity index (χ3v) is 5.95. The first-order chi connectivity index (χ1) is 15.6. The fourth-order valence-corrected chi connectivity index (χ4v) is 4.22. The van der Waals surface area contributed by atoms with Crippen molar-refractivity contribution < 1.29 is 14.6 Å². The highest BCUT2D eigenvalue weighted by atomic mass is 16.5. The van der Waals surface area contributed by atoms with E-state index < -0.39 is 12.0 Å². The topological polar surface area (TPSA) is 102 Å². The number of methoxy groups -OCH3 is 1. The quantitative estimate of drug-likeness (QED) is 0.623. The van der Waals surface area contributed by atoms with E-state index in [1.165, 1.54) is 5.57 Å². The van der Waals surface area contributed by atoms with Crippen LogP contribution < -0.4 is 10.1 Å². The number of pyridine rings is 1. The van der Waals surface area contributed by atoms with Gasteiger partial charge < -0.3 is 15.2 Å². The normalized spacial score (nSPS) is 18.6. The number of carboxylic acids is 1. The van der Waals surface area contributed by atoms with Gasteiger partial charge in [-0.15, -0.1) is 0 Å². The molecule has 0 saturated heterocycles. The zero-order valence-corrected chi connectivity index (χ0v) is 18.3. The number of aliphatic carboxylic acids is 1. The molecule has 2 unspecified atom stereocenters. The average molecular weight is 436 g/mol. The molecule has 0 aromatic carbocycles. The monoisotopic (exact) mass is 435 g/mol. The van der Waals surface area contributed by atoms with Gasteiger partial charge in [0.25, 0.3) is 0 Å². The molecule has 0 saturated carbocycles. The summed E-state index contributed by atoms with van der Waals surface area (Å²) in [5.74, 6) is 0.658. The summed E-state index contributed by atoms with van der Waals surface area (Å²) in [7, 11) is 1.55. The van der Waals surface area contributed by atoms with E-state index in [2.05, 4.69) is 26.5 Å². The molecule has 2 N–H and O–H groups in total. The minimum absolute atomic E-state index is 0.0616. The molecule has 8 nitrogen and oxygen atoms in total. The number of hydrogen-bond acceptors (Lipinski definition) is 6. The van der Waals surface area contributed by atoms with E-state index in [1.54, 1.807) is 24.1 Å². The summed E-state index contributed by atoms with van der Waals surface area (Å²) in [6, 6.07) is 5.57. The van der Waals surface area contributed by atoms with Gasteiger partial charge in [-0.1, -0.05) is 6.08 Å². The second-order valence-corrected chi connectivity index (χ2v) is 8.17. The third kappa shape index (κ3) is 5.43. The fourth-order valence-electron chi connectivity index (χ4n) is 4.22. The zero-order chi connectivity index (χ0) is 22.3. The Kier molecular flexibility index (Phi) is 6.99. The van der Waals surface area contributed by atoms with E-state index in [-0.39, 0.29) is 6.42 Å². The van der Waals surface area contributed by atoms with Crippen LogP contribution in [0.15, 0.2) is 59.1 Å². The van der Waals surface area contributed by atoms with Crippen molar-refractivity contribution in [1.29, 1.82) is 0 Å². The molecule has 4 heterocycles. The number of ether oxygens (including phenoxy) is 1. The van der Waals surface area contributed by atoms with Crippen molar-refractivity contribution in [1.82, 2.24) is 20.1 Å². The molecular formula is C24H29N5O3. The van der Waals surface area contributed by atoms with Crippen LogP contribution in [0.3, 0.4) is 0 Å². The second kappa shape index (κ2) is 10.3. The molecule has 0 radical (unpaired) electrons. The maximum Gasteiger partial charge on any atom is 0.305 e. The van der Waals surface area contributed by atoms with Crippen molar-refractivity contribution >= 4 is 12.2 Å². The number of aryl methyl sites for hydroxylation is 1. The van der Waals surface area contributed by atoms with Crippen molar-refractivity contribution in [3.8, 4) is 5.88 Å². The molecular weight excluding hydrogens is 406 g/mol. The standard InChI is InChI=1S/C24H29N5O3/c1-32-22-11-9-18(16-26-22)21(15-23(30)31)29-14-12-20(28-29)7-4-6-19-10-8-17-5-2-3-13-25-24(17)27-19/h2-3,9,11-14,16,19,21,27H,4-8,10,15H2,1H3,(H,30,31). The van der Waals surface area contributed by atoms with Gasteiger partial charge in [0.1, 0.15) is 5.82 Å². The van der Waals surface area contributed by atoms with Gasteiger partial charge in [-0.2, -0.15) is 5.10 Å². The summed E-state index contributed by atoms with van der Waals surface area (Å²) >= 11 is 0. The number of carbonyl (C=O) groups is 1. The van der Waals surface area contributed by atoms with Gasteiger partial charge in [0.05, 0.1) is 25.3 Å². The van der Waals surface area contributed by atoms with Gasteiger partial charge in [0, 0.05) is 30.7 Å². The molecule has 2 aromatic rings. The Morgan fingerprint density at radius 3 is 3.06 bits per heavy atom. The lowest BCUT2D eigenvalue weighted by atomic mass is 9.95. The van der Waals surface area contributed by atoms with Crippen LogP contribution in [0.25, 0.3) is 0 Å². The van der Waals surface area contributed by atoms with Crippen LogP contribution >= 0.6 is 0 Å². The highest BCUT2D eigenvalue weighted by Crippen LogP contribution is 2.26. The minimum Gasteiger partial charge on any atom is -0.481 e. The van der Waals surface area contributed by atoms with Crippen LogP contribution in [0.4, 0.5) is 0 Å². The highest BCUT2D eigenvalue weighted by Gasteiger charge is 2.21. The zero-order valence-electron chi connectivity index (χ0n) is 18.3. The van der Waals surface area contributed by atoms with Gasteiger partial charge in [0.2, 0.25) is 5.88 Å². The van der Waals surface area contributed by atoms with Gasteiger partial charge >= 0.3 is 5.97 Å². The lowest BCUT2D eigenvalue weighted by molar-refractivity contribution is -0.137. The summed E-state index contributed by atoms with van der Waals surface area (Å²) in [6.07, 6.45) is 15.6. The number of hydrogen-bond donors (Lipinski definition) is 2. The second-order valence-electron chi connectivity index (χ2n) is 8.17. The summed E-state index contributed by atoms with van der Waals surface area (Å²) < 4.78 is 6.83. The number of nitrogens with zero attached hydrogens (tertiary/aromatic N) is 4. The Morgan fingerprint density at radius 1 is 1.38 bits per heavy atom. The minimum atomic E-state index is -0.878. The Bertz CT molecular complexity index is 1020. The van der Waals surface area contributed by atoms with Gasteiger partial charge in [0.15, 0.2) is 0 Å². The van der Waals surface area contributed by atoms with E-state index >= 15 is 0 Å². The molecule has 0 amide bonds. The number of rotatable bonds is 9. The summed E-state index contributed by atoms with van der Waals surface area (Å²) in [4.78, 5) is 20.2. The molecule has 0 aliphatic carbocycles. The maximum atomic E-state index is 11.4. The lowest BCUT2D eigenvalue weighted by Gasteiger charge is -2.27. The molecule has 0 bridgehead atoms. The van der Waals surface area contributed by atoms with Crippen LogP contribution in [0.1, 0.15) is 55.8 Å². The van der Waals surface area contributed by atoms with Crippen molar-refractivity contribution in [3.05, 3.63) is 65.4 Å². The number of nitrogens with one attached hydrogen (secondary N) is 1. The van der Waals surface area contributed by atoms with E-state index in [1.807, 2.05) is 30.6 Å². The Labute approximate surface area is 187 Å². The molecule has 2 aliphatic rings. The van der Waals surface area contributed by atoms with Crippen molar-refractivity contribution in [2.45, 2.75) is 57.0 Å². The fraction of sp³-hybridized carbons (Fsp3) is 0.417. The maximum absolute atomic E-state index is 11.4. The highest BCUT2D eigenvalue weighted by molar-refractivity contribution is 5.73. The van der Waals surface area contributed by atoms with Crippen LogP contribution in [-0.2, 0) is 11.2 Å². The SMILES string of the molecule is COc1ccc(C(CC(=O)O)n2ccc(CCCC3CCC4=C(N=CC=CC4)N3)n2)cn1. The number of allylic oxidation sites excluding steroid dienone is 3. The Morgan fingerprint density at radius 2 is 2.28 bits per heavy atom. The van der Waals surface area contributed by atoms with Crippen LogP contribution in [0.2, 0.25) is 0 Å². The van der Waals surface area contributed by atoms with E-state index in [9.17, 15) is 9.90 Å². The first-order valence-electron chi connectivity index (χ1n) is 11.1. The predicted molar refractivity (Wildman–Crippen MR) is 122 cm³/mol. The van der Waals surface area contributed by atoms with Crippen LogP contribution in [0, 0.1) is 0 Å². The van der Waals surface area contributed by atoms with E-state index in [0.717, 1.165) is 55.6 Å². The van der Waals surface area contributed by atoms with Crippen LogP contribution in [0.5, 0.6) is 5.88 Å². The summed E-state index contributed by atoms with van der Waals surface area (Å²) in [5, 5.41) is 17.7. The smallest absolute Gasteiger partial charge is 0.305 e. The molecule has 0 spiro atoms. The van der Waals surface area contributed by atoms with Crippen molar-refractivity contribution in [2.24, 2.45) is 4.99 Å². The summed E-state index contributed by atoms with van der Waals surface area (Å²) in [6.45, 7) is 0. The predicted octanol–water partition coefficient (Wildman–Crippen LogP) is 3.67. The molecule has 168 valence electrons. The first kappa shape index (κ1) is 21.8. The number of aromatic nitrogens is 3.